The van der Waals surface area contributed by atoms with Crippen LogP contribution in [0.5, 0.6) is 0 Å². The molecule has 1 fully saturated rings. The summed E-state index contributed by atoms with van der Waals surface area (Å²) in [6.07, 6.45) is 2.66. The topological polar surface area (TPSA) is 54.3 Å². The smallest absolute Gasteiger partial charge is 0.292 e. The average Bonchev–Trinajstić information content (AvgIpc) is 2.97. The Bertz CT molecular complexity index is 987. The molecule has 140 valence electrons. The van der Waals surface area contributed by atoms with Crippen molar-refractivity contribution in [1.82, 2.24) is 14.8 Å². The number of benzene rings is 1. The molecule has 1 aromatic carbocycles. The molecule has 3 heterocycles. The van der Waals surface area contributed by atoms with Gasteiger partial charge in [0, 0.05) is 31.6 Å². The van der Waals surface area contributed by atoms with Crippen molar-refractivity contribution in [1.29, 1.82) is 0 Å². The second kappa shape index (κ2) is 7.70. The minimum atomic E-state index is -0.294. The standard InChI is InChI=1S/C19H20ClN5OS/c1-14-13-27-19(22-14)24-9-5-8-23(10-11-24)16-12-21-25(18(26)17(16)20)15-6-3-2-4-7-15/h2-4,6-7,12-13H,5,8-11H2,1H3. The Kier molecular flexibility index (Phi) is 5.13. The van der Waals surface area contributed by atoms with E-state index in [4.69, 9.17) is 11.6 Å². The normalized spacial score (nSPS) is 15.0. The maximum absolute atomic E-state index is 12.7. The van der Waals surface area contributed by atoms with Gasteiger partial charge in [0.2, 0.25) is 0 Å². The van der Waals surface area contributed by atoms with Gasteiger partial charge in [-0.15, -0.1) is 11.3 Å². The van der Waals surface area contributed by atoms with E-state index in [1.807, 2.05) is 37.3 Å². The molecule has 1 aliphatic heterocycles. The molecule has 0 radical (unpaired) electrons. The molecule has 1 aliphatic rings. The van der Waals surface area contributed by atoms with Crippen molar-refractivity contribution in [3.8, 4) is 5.69 Å². The summed E-state index contributed by atoms with van der Waals surface area (Å²) in [5.41, 5.74) is 2.16. The summed E-state index contributed by atoms with van der Waals surface area (Å²) in [6.45, 7) is 5.39. The van der Waals surface area contributed by atoms with Crippen LogP contribution in [-0.4, -0.2) is 40.9 Å². The Balaban J connectivity index is 1.57. The number of para-hydroxylation sites is 1. The number of hydrogen-bond acceptors (Lipinski definition) is 6. The molecule has 8 heteroatoms. The third-order valence-corrected chi connectivity index (χ3v) is 5.99. The number of anilines is 2. The molecule has 27 heavy (non-hydrogen) atoms. The van der Waals surface area contributed by atoms with Gasteiger partial charge in [0.25, 0.3) is 5.56 Å². The van der Waals surface area contributed by atoms with Crippen molar-refractivity contribution in [2.24, 2.45) is 0 Å². The summed E-state index contributed by atoms with van der Waals surface area (Å²) in [5.74, 6) is 0. The lowest BCUT2D eigenvalue weighted by Gasteiger charge is -2.24. The fraction of sp³-hybridized carbons (Fsp3) is 0.316. The third-order valence-electron chi connectivity index (χ3n) is 4.62. The first-order valence-electron chi connectivity index (χ1n) is 8.89. The number of rotatable bonds is 3. The summed E-state index contributed by atoms with van der Waals surface area (Å²) >= 11 is 8.12. The Morgan fingerprint density at radius 2 is 1.81 bits per heavy atom. The van der Waals surface area contributed by atoms with E-state index in [2.05, 4.69) is 25.3 Å². The molecule has 0 unspecified atom stereocenters. The van der Waals surface area contributed by atoms with Gasteiger partial charge in [-0.3, -0.25) is 4.79 Å². The predicted octanol–water partition coefficient (Wildman–Crippen LogP) is 3.37. The Morgan fingerprint density at radius 1 is 1.07 bits per heavy atom. The van der Waals surface area contributed by atoms with Crippen molar-refractivity contribution in [3.05, 3.63) is 63.0 Å². The first-order valence-corrected chi connectivity index (χ1v) is 10.1. The van der Waals surface area contributed by atoms with E-state index in [-0.39, 0.29) is 10.6 Å². The molecule has 3 aromatic rings. The molecule has 2 aromatic heterocycles. The summed E-state index contributed by atoms with van der Waals surface area (Å²) in [4.78, 5) is 21.8. The lowest BCUT2D eigenvalue weighted by Crippen LogP contribution is -2.32. The minimum absolute atomic E-state index is 0.215. The summed E-state index contributed by atoms with van der Waals surface area (Å²) in [7, 11) is 0. The number of hydrogen-bond donors (Lipinski definition) is 0. The van der Waals surface area contributed by atoms with Crippen LogP contribution in [0.15, 0.2) is 46.7 Å². The van der Waals surface area contributed by atoms with E-state index in [1.54, 1.807) is 17.5 Å². The lowest BCUT2D eigenvalue weighted by atomic mass is 10.3. The number of aromatic nitrogens is 3. The van der Waals surface area contributed by atoms with E-state index >= 15 is 0 Å². The average molecular weight is 402 g/mol. The van der Waals surface area contributed by atoms with Crippen LogP contribution in [0.1, 0.15) is 12.1 Å². The monoisotopic (exact) mass is 401 g/mol. The van der Waals surface area contributed by atoms with Crippen LogP contribution in [0.3, 0.4) is 0 Å². The van der Waals surface area contributed by atoms with Gasteiger partial charge in [0.1, 0.15) is 5.02 Å². The highest BCUT2D eigenvalue weighted by Crippen LogP contribution is 2.26. The fourth-order valence-corrected chi connectivity index (χ4v) is 4.34. The first-order chi connectivity index (χ1) is 13.1. The van der Waals surface area contributed by atoms with E-state index in [9.17, 15) is 4.79 Å². The van der Waals surface area contributed by atoms with Gasteiger partial charge in [0.05, 0.1) is 23.3 Å². The quantitative estimate of drug-likeness (QED) is 0.673. The molecular formula is C19H20ClN5OS. The largest absolute Gasteiger partial charge is 0.367 e. The Labute approximate surface area is 166 Å². The molecule has 0 N–H and O–H groups in total. The first kappa shape index (κ1) is 18.0. The van der Waals surface area contributed by atoms with Gasteiger partial charge in [0.15, 0.2) is 5.13 Å². The molecule has 1 saturated heterocycles. The predicted molar refractivity (Wildman–Crippen MR) is 111 cm³/mol. The lowest BCUT2D eigenvalue weighted by molar-refractivity contribution is 0.773. The molecule has 0 atom stereocenters. The maximum atomic E-state index is 12.7. The molecular weight excluding hydrogens is 382 g/mol. The van der Waals surface area contributed by atoms with E-state index in [0.717, 1.165) is 43.4 Å². The maximum Gasteiger partial charge on any atom is 0.292 e. The van der Waals surface area contributed by atoms with Crippen molar-refractivity contribution in [2.75, 3.05) is 36.0 Å². The van der Waals surface area contributed by atoms with Gasteiger partial charge >= 0.3 is 0 Å². The van der Waals surface area contributed by atoms with Crippen LogP contribution in [-0.2, 0) is 0 Å². The molecule has 0 bridgehead atoms. The molecule has 0 aliphatic carbocycles. The zero-order valence-corrected chi connectivity index (χ0v) is 16.6. The van der Waals surface area contributed by atoms with E-state index in [1.165, 1.54) is 4.68 Å². The van der Waals surface area contributed by atoms with Crippen LogP contribution in [0.4, 0.5) is 10.8 Å². The van der Waals surface area contributed by atoms with Crippen molar-refractivity contribution < 1.29 is 0 Å². The third kappa shape index (κ3) is 3.70. The number of aryl methyl sites for hydroxylation is 1. The summed E-state index contributed by atoms with van der Waals surface area (Å²) in [6, 6.07) is 9.32. The van der Waals surface area contributed by atoms with Crippen molar-refractivity contribution in [3.63, 3.8) is 0 Å². The summed E-state index contributed by atoms with van der Waals surface area (Å²) < 4.78 is 1.34. The molecule has 0 spiro atoms. The highest BCUT2D eigenvalue weighted by Gasteiger charge is 2.21. The Morgan fingerprint density at radius 3 is 2.56 bits per heavy atom. The van der Waals surface area contributed by atoms with Gasteiger partial charge < -0.3 is 9.80 Å². The molecule has 0 saturated carbocycles. The SMILES string of the molecule is Cc1csc(N2CCCN(c3cnn(-c4ccccc4)c(=O)c3Cl)CC2)n1. The van der Waals surface area contributed by atoms with Crippen molar-refractivity contribution >= 4 is 33.8 Å². The molecule has 4 rings (SSSR count). The Hall–Kier alpha value is -2.38. The number of thiazole rings is 1. The van der Waals surface area contributed by atoms with Crippen LogP contribution >= 0.6 is 22.9 Å². The van der Waals surface area contributed by atoms with E-state index < -0.39 is 0 Å². The van der Waals surface area contributed by atoms with Crippen LogP contribution in [0, 0.1) is 6.92 Å². The molecule has 6 nitrogen and oxygen atoms in total. The highest BCUT2D eigenvalue weighted by molar-refractivity contribution is 7.13. The van der Waals surface area contributed by atoms with E-state index in [0.29, 0.717) is 11.4 Å². The second-order valence-corrected chi connectivity index (χ2v) is 7.71. The second-order valence-electron chi connectivity index (χ2n) is 6.50. The van der Waals surface area contributed by atoms with Crippen LogP contribution in [0.25, 0.3) is 5.69 Å². The van der Waals surface area contributed by atoms with Crippen LogP contribution < -0.4 is 15.4 Å². The van der Waals surface area contributed by atoms with Gasteiger partial charge in [-0.25, -0.2) is 4.98 Å². The minimum Gasteiger partial charge on any atom is -0.367 e. The van der Waals surface area contributed by atoms with Gasteiger partial charge in [-0.2, -0.15) is 9.78 Å². The molecule has 0 amide bonds. The van der Waals surface area contributed by atoms with Gasteiger partial charge in [-0.1, -0.05) is 29.8 Å². The highest BCUT2D eigenvalue weighted by atomic mass is 35.5. The van der Waals surface area contributed by atoms with Crippen molar-refractivity contribution in [2.45, 2.75) is 13.3 Å². The zero-order valence-electron chi connectivity index (χ0n) is 15.0. The van der Waals surface area contributed by atoms with Gasteiger partial charge in [-0.05, 0) is 25.5 Å². The zero-order chi connectivity index (χ0) is 18.8. The fourth-order valence-electron chi connectivity index (χ4n) is 3.23. The number of halogens is 1. The number of nitrogens with zero attached hydrogens (tertiary/aromatic N) is 5. The van der Waals surface area contributed by atoms with Crippen LogP contribution in [0.2, 0.25) is 5.02 Å². The summed E-state index contributed by atoms with van der Waals surface area (Å²) in [5, 5.41) is 7.69.